The highest BCUT2D eigenvalue weighted by molar-refractivity contribution is 7.89. The molecule has 0 bridgehead atoms. The van der Waals surface area contributed by atoms with Crippen LogP contribution in [0.1, 0.15) is 23.6 Å². The van der Waals surface area contributed by atoms with Gasteiger partial charge in [-0.2, -0.15) is 4.31 Å². The fourth-order valence-corrected chi connectivity index (χ4v) is 4.19. The standard InChI is InChI=1S/C22H23NO7S/c1-4-15-9-18-16(10-21(25)30-20(18)11-19(15)24)13-29-22(26)12-23(3)31(27,28)17-7-5-14(2)6-8-17/h5-11,24H,4,12-13H2,1-3H3. The van der Waals surface area contributed by atoms with Gasteiger partial charge in [-0.3, -0.25) is 4.79 Å². The van der Waals surface area contributed by atoms with Crippen LogP contribution in [-0.2, 0) is 32.6 Å². The van der Waals surface area contributed by atoms with Crippen molar-refractivity contribution < 1.29 is 27.5 Å². The molecule has 1 N–H and O–H groups in total. The van der Waals surface area contributed by atoms with Crippen LogP contribution in [0.2, 0.25) is 0 Å². The second-order valence-corrected chi connectivity index (χ2v) is 9.20. The van der Waals surface area contributed by atoms with E-state index in [-0.39, 0.29) is 22.8 Å². The Morgan fingerprint density at radius 3 is 2.45 bits per heavy atom. The van der Waals surface area contributed by atoms with Gasteiger partial charge < -0.3 is 14.3 Å². The van der Waals surface area contributed by atoms with Gasteiger partial charge in [0.05, 0.1) is 4.90 Å². The third kappa shape index (κ3) is 4.95. The molecule has 1 heterocycles. The highest BCUT2D eigenvalue weighted by Crippen LogP contribution is 2.27. The Bertz CT molecular complexity index is 1280. The van der Waals surface area contributed by atoms with Gasteiger partial charge in [0, 0.05) is 30.1 Å². The first-order chi connectivity index (χ1) is 14.6. The predicted octanol–water partition coefficient (Wildman–Crippen LogP) is 2.73. The van der Waals surface area contributed by atoms with Crippen molar-refractivity contribution in [2.45, 2.75) is 31.8 Å². The smallest absolute Gasteiger partial charge is 0.336 e. The average Bonchev–Trinajstić information content (AvgIpc) is 2.71. The van der Waals surface area contributed by atoms with Gasteiger partial charge in [-0.1, -0.05) is 24.6 Å². The number of nitrogens with zero attached hydrogens (tertiary/aromatic N) is 1. The van der Waals surface area contributed by atoms with Crippen LogP contribution in [0, 0.1) is 6.92 Å². The number of phenolic OH excluding ortho intramolecular Hbond substituents is 1. The summed E-state index contributed by atoms with van der Waals surface area (Å²) in [5, 5.41) is 10.5. The molecule has 0 atom stereocenters. The number of fused-ring (bicyclic) bond motifs is 1. The van der Waals surface area contributed by atoms with Crippen molar-refractivity contribution in [2.75, 3.05) is 13.6 Å². The Kier molecular flexibility index (Phi) is 6.47. The molecule has 2 aromatic carbocycles. The van der Waals surface area contributed by atoms with Crippen molar-refractivity contribution in [1.29, 1.82) is 0 Å². The Hall–Kier alpha value is -3.17. The number of aromatic hydroxyl groups is 1. The Balaban J connectivity index is 1.75. The molecule has 31 heavy (non-hydrogen) atoms. The molecule has 0 aliphatic heterocycles. The van der Waals surface area contributed by atoms with Crippen molar-refractivity contribution in [3.8, 4) is 5.75 Å². The molecule has 0 amide bonds. The third-order valence-electron chi connectivity index (χ3n) is 4.88. The molecule has 0 spiro atoms. The topological polar surface area (TPSA) is 114 Å². The minimum Gasteiger partial charge on any atom is -0.508 e. The molecule has 3 rings (SSSR count). The maximum atomic E-state index is 12.6. The van der Waals surface area contributed by atoms with Crippen LogP contribution in [0.25, 0.3) is 11.0 Å². The molecule has 1 aromatic heterocycles. The molecule has 0 aliphatic rings. The molecule has 164 valence electrons. The van der Waals surface area contributed by atoms with Crippen LogP contribution < -0.4 is 5.63 Å². The monoisotopic (exact) mass is 445 g/mol. The number of hydrogen-bond donors (Lipinski definition) is 1. The van der Waals surface area contributed by atoms with Crippen LogP contribution in [0.3, 0.4) is 0 Å². The number of likely N-dealkylation sites (N-methyl/N-ethyl adjacent to an activating group) is 1. The first-order valence-electron chi connectivity index (χ1n) is 9.59. The molecule has 0 unspecified atom stereocenters. The lowest BCUT2D eigenvalue weighted by Crippen LogP contribution is -2.33. The summed E-state index contributed by atoms with van der Waals surface area (Å²) in [6.07, 6.45) is 0.557. The molecule has 0 saturated heterocycles. The van der Waals surface area contributed by atoms with Gasteiger partial charge in [0.1, 0.15) is 24.5 Å². The zero-order chi connectivity index (χ0) is 22.8. The molecule has 8 nitrogen and oxygen atoms in total. The zero-order valence-corrected chi connectivity index (χ0v) is 18.2. The van der Waals surface area contributed by atoms with Gasteiger partial charge in [-0.15, -0.1) is 0 Å². The lowest BCUT2D eigenvalue weighted by molar-refractivity contribution is -0.144. The Morgan fingerprint density at radius 1 is 1.13 bits per heavy atom. The molecule has 0 saturated carbocycles. The summed E-state index contributed by atoms with van der Waals surface area (Å²) in [6.45, 7) is 2.98. The maximum absolute atomic E-state index is 12.6. The van der Waals surface area contributed by atoms with Gasteiger partial charge in [-0.05, 0) is 37.1 Å². The third-order valence-corrected chi connectivity index (χ3v) is 6.70. The van der Waals surface area contributed by atoms with E-state index in [9.17, 15) is 23.1 Å². The van der Waals surface area contributed by atoms with E-state index in [1.165, 1.54) is 31.3 Å². The number of benzene rings is 2. The molecule has 0 fully saturated rings. The predicted molar refractivity (Wildman–Crippen MR) is 114 cm³/mol. The number of hydrogen-bond acceptors (Lipinski definition) is 7. The SMILES string of the molecule is CCc1cc2c(COC(=O)CN(C)S(=O)(=O)c3ccc(C)cc3)cc(=O)oc2cc1O. The second kappa shape index (κ2) is 8.91. The highest BCUT2D eigenvalue weighted by atomic mass is 32.2. The van der Waals surface area contributed by atoms with Crippen LogP contribution in [0.5, 0.6) is 5.75 Å². The molecular weight excluding hydrogens is 422 g/mol. The van der Waals surface area contributed by atoms with Gasteiger partial charge in [0.15, 0.2) is 0 Å². The molecule has 0 radical (unpaired) electrons. The van der Waals surface area contributed by atoms with E-state index in [0.717, 1.165) is 9.87 Å². The zero-order valence-electron chi connectivity index (χ0n) is 17.4. The van der Waals surface area contributed by atoms with E-state index >= 15 is 0 Å². The van der Waals surface area contributed by atoms with Crippen molar-refractivity contribution in [3.63, 3.8) is 0 Å². The van der Waals surface area contributed by atoms with Crippen LogP contribution in [-0.4, -0.2) is 37.4 Å². The molecule has 9 heteroatoms. The quantitative estimate of drug-likeness (QED) is 0.439. The van der Waals surface area contributed by atoms with Gasteiger partial charge >= 0.3 is 11.6 Å². The van der Waals surface area contributed by atoms with Crippen LogP contribution in [0.4, 0.5) is 0 Å². The highest BCUT2D eigenvalue weighted by Gasteiger charge is 2.23. The summed E-state index contributed by atoms with van der Waals surface area (Å²) in [5.41, 5.74) is 1.49. The van der Waals surface area contributed by atoms with Crippen molar-refractivity contribution in [2.24, 2.45) is 0 Å². The van der Waals surface area contributed by atoms with Crippen molar-refractivity contribution in [3.05, 3.63) is 69.6 Å². The maximum Gasteiger partial charge on any atom is 0.336 e. The Morgan fingerprint density at radius 2 is 1.81 bits per heavy atom. The van der Waals surface area contributed by atoms with Crippen molar-refractivity contribution >= 4 is 27.0 Å². The normalized spacial score (nSPS) is 11.7. The number of phenols is 1. The summed E-state index contributed by atoms with van der Waals surface area (Å²) >= 11 is 0. The second-order valence-electron chi connectivity index (χ2n) is 7.16. The van der Waals surface area contributed by atoms with E-state index in [4.69, 9.17) is 9.15 Å². The minimum absolute atomic E-state index is 0.00947. The number of aryl methyl sites for hydroxylation is 2. The largest absolute Gasteiger partial charge is 0.508 e. The number of esters is 1. The molecular formula is C22H23NO7S. The van der Waals surface area contributed by atoms with E-state index in [0.29, 0.717) is 22.9 Å². The summed E-state index contributed by atoms with van der Waals surface area (Å²) in [4.78, 5) is 24.2. The summed E-state index contributed by atoms with van der Waals surface area (Å²) in [5.74, 6) is -0.760. The average molecular weight is 445 g/mol. The number of sulfonamides is 1. The number of carbonyl (C=O) groups excluding carboxylic acids is 1. The van der Waals surface area contributed by atoms with Crippen molar-refractivity contribution in [1.82, 2.24) is 4.31 Å². The molecule has 0 aliphatic carbocycles. The number of ether oxygens (including phenoxy) is 1. The fraction of sp³-hybridized carbons (Fsp3) is 0.273. The fourth-order valence-electron chi connectivity index (χ4n) is 3.07. The first-order valence-corrected chi connectivity index (χ1v) is 11.0. The van der Waals surface area contributed by atoms with E-state index in [2.05, 4.69) is 0 Å². The number of rotatable bonds is 7. The van der Waals surface area contributed by atoms with Gasteiger partial charge in [-0.25, -0.2) is 13.2 Å². The number of carbonyl (C=O) groups is 1. The first kappa shape index (κ1) is 22.5. The Labute approximate surface area is 179 Å². The molecule has 3 aromatic rings. The van der Waals surface area contributed by atoms with Gasteiger partial charge in [0.25, 0.3) is 0 Å². The lowest BCUT2D eigenvalue weighted by atomic mass is 10.0. The van der Waals surface area contributed by atoms with Crippen LogP contribution in [0.15, 0.2) is 56.6 Å². The van der Waals surface area contributed by atoms with Gasteiger partial charge in [0.2, 0.25) is 10.0 Å². The summed E-state index contributed by atoms with van der Waals surface area (Å²) < 4.78 is 36.5. The van der Waals surface area contributed by atoms with E-state index in [1.807, 2.05) is 13.8 Å². The van der Waals surface area contributed by atoms with Crippen LogP contribution >= 0.6 is 0 Å². The minimum atomic E-state index is -3.85. The lowest BCUT2D eigenvalue weighted by Gasteiger charge is -2.17. The van der Waals surface area contributed by atoms with E-state index in [1.54, 1.807) is 18.2 Å². The summed E-state index contributed by atoms with van der Waals surface area (Å²) in [6, 6.07) is 10.5. The van der Waals surface area contributed by atoms with E-state index < -0.39 is 28.2 Å². The summed E-state index contributed by atoms with van der Waals surface area (Å²) in [7, 11) is -2.56.